The van der Waals surface area contributed by atoms with Crippen molar-refractivity contribution in [2.45, 2.75) is 19.2 Å². The highest BCUT2D eigenvalue weighted by molar-refractivity contribution is 7.98. The van der Waals surface area contributed by atoms with Gasteiger partial charge in [0, 0.05) is 23.6 Å². The summed E-state index contributed by atoms with van der Waals surface area (Å²) in [7, 11) is 1.69. The first kappa shape index (κ1) is 14.4. The Bertz CT molecular complexity index is 331. The van der Waals surface area contributed by atoms with Crippen LogP contribution < -0.4 is 10.1 Å². The highest BCUT2D eigenvalue weighted by atomic mass is 32.2. The summed E-state index contributed by atoms with van der Waals surface area (Å²) in [4.78, 5) is 0. The minimum Gasteiger partial charge on any atom is -0.496 e. The van der Waals surface area contributed by atoms with Gasteiger partial charge in [-0.1, -0.05) is 13.0 Å². The molecule has 0 atom stereocenters. The zero-order valence-corrected chi connectivity index (χ0v) is 11.3. The number of benzene rings is 1. The lowest BCUT2D eigenvalue weighted by Gasteiger charge is -2.10. The third-order valence-electron chi connectivity index (χ3n) is 2.42. The van der Waals surface area contributed by atoms with Gasteiger partial charge in [-0.05, 0) is 24.2 Å². The highest BCUT2D eigenvalue weighted by Gasteiger charge is 2.04. The van der Waals surface area contributed by atoms with Gasteiger partial charge in [-0.15, -0.1) is 0 Å². The maximum absolute atomic E-state index is 8.78. The van der Waals surface area contributed by atoms with E-state index >= 15 is 0 Å². The maximum atomic E-state index is 8.78. The quantitative estimate of drug-likeness (QED) is 0.698. The molecule has 0 amide bonds. The molecule has 0 aromatic heterocycles. The molecule has 96 valence electrons. The third-order valence-corrected chi connectivity index (χ3v) is 3.40. The summed E-state index contributed by atoms with van der Waals surface area (Å²) in [5, 5.41) is 12.1. The molecule has 1 aromatic carbocycles. The minimum absolute atomic E-state index is 0.226. The van der Waals surface area contributed by atoms with E-state index in [4.69, 9.17) is 9.84 Å². The van der Waals surface area contributed by atoms with Gasteiger partial charge in [0.15, 0.2) is 0 Å². The number of aliphatic hydroxyl groups is 1. The summed E-state index contributed by atoms with van der Waals surface area (Å²) in [6.45, 7) is 4.18. The molecule has 0 saturated carbocycles. The molecular formula is C13H21NO2S. The van der Waals surface area contributed by atoms with Crippen molar-refractivity contribution in [2.24, 2.45) is 0 Å². The van der Waals surface area contributed by atoms with Gasteiger partial charge >= 0.3 is 0 Å². The molecule has 0 unspecified atom stereocenters. The molecule has 0 aliphatic carbocycles. The molecule has 4 heteroatoms. The largest absolute Gasteiger partial charge is 0.496 e. The smallest absolute Gasteiger partial charge is 0.122 e. The van der Waals surface area contributed by atoms with E-state index in [9.17, 15) is 0 Å². The van der Waals surface area contributed by atoms with Crippen LogP contribution in [0.5, 0.6) is 5.75 Å². The Morgan fingerprint density at radius 3 is 2.88 bits per heavy atom. The lowest BCUT2D eigenvalue weighted by molar-refractivity contribution is 0.322. The van der Waals surface area contributed by atoms with Crippen molar-refractivity contribution in [3.8, 4) is 5.75 Å². The lowest BCUT2D eigenvalue weighted by atomic mass is 10.1. The molecule has 0 bridgehead atoms. The SMILES string of the molecule is CCNCc1ccc(OC)c(CSCCO)c1. The molecule has 0 heterocycles. The first-order valence-corrected chi connectivity index (χ1v) is 7.02. The fraction of sp³-hybridized carbons (Fsp3) is 0.538. The number of aliphatic hydroxyl groups excluding tert-OH is 1. The van der Waals surface area contributed by atoms with Gasteiger partial charge in [0.25, 0.3) is 0 Å². The average molecular weight is 255 g/mol. The van der Waals surface area contributed by atoms with Crippen molar-refractivity contribution in [2.75, 3.05) is 26.0 Å². The van der Waals surface area contributed by atoms with Crippen molar-refractivity contribution in [3.63, 3.8) is 0 Å². The van der Waals surface area contributed by atoms with E-state index in [1.165, 1.54) is 11.1 Å². The van der Waals surface area contributed by atoms with Gasteiger partial charge in [-0.2, -0.15) is 11.8 Å². The molecule has 17 heavy (non-hydrogen) atoms. The monoisotopic (exact) mass is 255 g/mol. The Morgan fingerprint density at radius 2 is 2.24 bits per heavy atom. The molecule has 0 radical (unpaired) electrons. The molecule has 2 N–H and O–H groups in total. The predicted octanol–water partition coefficient (Wildman–Crippen LogP) is 2.03. The molecule has 0 spiro atoms. The van der Waals surface area contributed by atoms with Crippen molar-refractivity contribution >= 4 is 11.8 Å². The van der Waals surface area contributed by atoms with Gasteiger partial charge in [-0.25, -0.2) is 0 Å². The van der Waals surface area contributed by atoms with Crippen molar-refractivity contribution < 1.29 is 9.84 Å². The summed E-state index contributed by atoms with van der Waals surface area (Å²) < 4.78 is 5.34. The van der Waals surface area contributed by atoms with Crippen LogP contribution in [0.3, 0.4) is 0 Å². The molecule has 3 nitrogen and oxygen atoms in total. The summed E-state index contributed by atoms with van der Waals surface area (Å²) in [5.41, 5.74) is 2.47. The molecule has 0 saturated heterocycles. The second kappa shape index (κ2) is 8.39. The number of thioether (sulfide) groups is 1. The zero-order chi connectivity index (χ0) is 12.5. The van der Waals surface area contributed by atoms with E-state index in [2.05, 4.69) is 24.4 Å². The number of hydrogen-bond acceptors (Lipinski definition) is 4. The van der Waals surface area contributed by atoms with Crippen LogP contribution in [0.2, 0.25) is 0 Å². The van der Waals surface area contributed by atoms with Crippen LogP contribution in [-0.2, 0) is 12.3 Å². The molecule has 1 aromatic rings. The Morgan fingerprint density at radius 1 is 1.41 bits per heavy atom. The first-order valence-electron chi connectivity index (χ1n) is 5.87. The molecule has 0 aliphatic rings. The van der Waals surface area contributed by atoms with Gasteiger partial charge in [0.2, 0.25) is 0 Å². The standard InChI is InChI=1S/C13H21NO2S/c1-3-14-9-11-4-5-13(16-2)12(8-11)10-17-7-6-15/h4-5,8,14-15H,3,6-7,9-10H2,1-2H3. The number of hydrogen-bond donors (Lipinski definition) is 2. The Balaban J connectivity index is 2.68. The van der Waals surface area contributed by atoms with E-state index in [-0.39, 0.29) is 6.61 Å². The van der Waals surface area contributed by atoms with Gasteiger partial charge in [0.1, 0.15) is 5.75 Å². The van der Waals surface area contributed by atoms with Gasteiger partial charge in [0.05, 0.1) is 13.7 Å². The van der Waals surface area contributed by atoms with Crippen LogP contribution in [0.4, 0.5) is 0 Å². The molecule has 0 fully saturated rings. The maximum Gasteiger partial charge on any atom is 0.122 e. The van der Waals surface area contributed by atoms with Crippen LogP contribution in [0.25, 0.3) is 0 Å². The number of ether oxygens (including phenoxy) is 1. The minimum atomic E-state index is 0.226. The molecular weight excluding hydrogens is 234 g/mol. The first-order chi connectivity index (χ1) is 8.31. The van der Waals surface area contributed by atoms with Gasteiger partial charge < -0.3 is 15.2 Å². The lowest BCUT2D eigenvalue weighted by Crippen LogP contribution is -2.11. The predicted molar refractivity (Wildman–Crippen MR) is 73.6 cm³/mol. The fourth-order valence-electron chi connectivity index (χ4n) is 1.57. The van der Waals surface area contributed by atoms with E-state index in [0.29, 0.717) is 0 Å². The number of methoxy groups -OCH3 is 1. The van der Waals surface area contributed by atoms with Gasteiger partial charge in [-0.3, -0.25) is 0 Å². The van der Waals surface area contributed by atoms with Crippen molar-refractivity contribution in [1.29, 1.82) is 0 Å². The molecule has 1 rings (SSSR count). The second-order valence-corrected chi connectivity index (χ2v) is 4.81. The Kier molecular flexibility index (Phi) is 7.08. The second-order valence-electron chi connectivity index (χ2n) is 3.70. The van der Waals surface area contributed by atoms with E-state index in [1.807, 2.05) is 6.07 Å². The summed E-state index contributed by atoms with van der Waals surface area (Å²) in [5.74, 6) is 2.57. The molecule has 0 aliphatic heterocycles. The number of rotatable bonds is 8. The highest BCUT2D eigenvalue weighted by Crippen LogP contribution is 2.24. The topological polar surface area (TPSA) is 41.5 Å². The van der Waals surface area contributed by atoms with Crippen molar-refractivity contribution in [1.82, 2.24) is 5.32 Å². The van der Waals surface area contributed by atoms with Crippen LogP contribution in [0.1, 0.15) is 18.1 Å². The fourth-order valence-corrected chi connectivity index (χ4v) is 2.29. The summed E-state index contributed by atoms with van der Waals surface area (Å²) in [6.07, 6.45) is 0. The average Bonchev–Trinajstić information content (AvgIpc) is 2.37. The van der Waals surface area contributed by atoms with E-state index < -0.39 is 0 Å². The number of nitrogens with one attached hydrogen (secondary N) is 1. The Labute approximate surface area is 108 Å². The third kappa shape index (κ3) is 4.98. The van der Waals surface area contributed by atoms with E-state index in [1.54, 1.807) is 18.9 Å². The van der Waals surface area contributed by atoms with Crippen molar-refractivity contribution in [3.05, 3.63) is 29.3 Å². The van der Waals surface area contributed by atoms with Crippen LogP contribution in [0, 0.1) is 0 Å². The summed E-state index contributed by atoms with van der Waals surface area (Å²) in [6, 6.07) is 6.27. The summed E-state index contributed by atoms with van der Waals surface area (Å²) >= 11 is 1.72. The van der Waals surface area contributed by atoms with Crippen LogP contribution in [0.15, 0.2) is 18.2 Å². The normalized spacial score (nSPS) is 10.5. The Hall–Kier alpha value is -0.710. The van der Waals surface area contributed by atoms with Crippen LogP contribution in [-0.4, -0.2) is 31.1 Å². The zero-order valence-electron chi connectivity index (χ0n) is 10.5. The van der Waals surface area contributed by atoms with Crippen LogP contribution >= 0.6 is 11.8 Å². The van der Waals surface area contributed by atoms with E-state index in [0.717, 1.165) is 30.3 Å².